The molecule has 0 rings (SSSR count). The van der Waals surface area contributed by atoms with Gasteiger partial charge in [-0.25, -0.2) is 14.6 Å². The minimum Gasteiger partial charge on any atom is -0.480 e. The van der Waals surface area contributed by atoms with E-state index in [1.54, 1.807) is 0 Å². The number of aliphatic carboxylic acids is 1. The topological polar surface area (TPSA) is 220 Å². The summed E-state index contributed by atoms with van der Waals surface area (Å²) in [5, 5.41) is 32.3. The van der Waals surface area contributed by atoms with Crippen LogP contribution in [0.5, 0.6) is 0 Å². The lowest BCUT2D eigenvalue weighted by Gasteiger charge is -2.26. The number of carbonyl (C=O) groups is 4. The van der Waals surface area contributed by atoms with E-state index in [9.17, 15) is 24.3 Å². The lowest BCUT2D eigenvalue weighted by Crippen LogP contribution is -2.58. The summed E-state index contributed by atoms with van der Waals surface area (Å²) in [6, 6.07) is -4.73. The summed E-state index contributed by atoms with van der Waals surface area (Å²) in [7, 11) is 1.45. The first-order chi connectivity index (χ1) is 12.0. The van der Waals surface area contributed by atoms with Crippen LogP contribution in [0, 0.1) is 0 Å². The average molecular weight is 378 g/mol. The molecule has 0 radical (unpaired) electrons. The zero-order valence-corrected chi connectivity index (χ0v) is 14.5. The molecule has 0 bridgehead atoms. The molecule has 0 saturated heterocycles. The standard InChI is InChI=1S/C13H26N6O7/c1-6(21)7(14)4-19(2)18-11(23)8(3-10(15)22)16-13(26)17-9(5-20)12(24)25/h6-9,20-21H,3-5,14H2,1-2H3,(H2,15,22)(H,18,23)(H,24,25)(H2,16,17,26)/t6?,7-,8+,9+/m1/s1. The van der Waals surface area contributed by atoms with Gasteiger partial charge in [-0.1, -0.05) is 0 Å². The number of hydrogen-bond donors (Lipinski definition) is 8. The quantitative estimate of drug-likeness (QED) is 0.162. The molecule has 1 unspecified atom stereocenters. The van der Waals surface area contributed by atoms with Crippen LogP contribution in [0.25, 0.3) is 0 Å². The Bertz CT molecular complexity index is 515. The van der Waals surface area contributed by atoms with E-state index in [1.807, 2.05) is 5.32 Å². The van der Waals surface area contributed by atoms with Crippen molar-refractivity contribution >= 4 is 23.8 Å². The van der Waals surface area contributed by atoms with Crippen LogP contribution in [-0.2, 0) is 14.4 Å². The van der Waals surface area contributed by atoms with E-state index < -0.39 is 61.1 Å². The summed E-state index contributed by atoms with van der Waals surface area (Å²) in [6.07, 6.45) is -1.38. The van der Waals surface area contributed by atoms with Gasteiger partial charge in [0.2, 0.25) is 5.91 Å². The number of carboxylic acids is 1. The van der Waals surface area contributed by atoms with Crippen molar-refractivity contribution < 1.29 is 34.5 Å². The third-order valence-electron chi connectivity index (χ3n) is 3.22. The molecule has 13 heteroatoms. The van der Waals surface area contributed by atoms with E-state index >= 15 is 0 Å². The molecule has 0 saturated carbocycles. The largest absolute Gasteiger partial charge is 0.480 e. The van der Waals surface area contributed by atoms with E-state index in [1.165, 1.54) is 19.0 Å². The fraction of sp³-hybridized carbons (Fsp3) is 0.692. The number of hydrazine groups is 1. The SMILES string of the molecule is CC(O)[C@H](N)CN(C)NC(=O)[C@H](CC(N)=O)NC(=O)N[C@@H](CO)C(=O)O. The summed E-state index contributed by atoms with van der Waals surface area (Å²) in [5.74, 6) is -3.17. The number of aliphatic hydroxyl groups excluding tert-OH is 2. The van der Waals surface area contributed by atoms with E-state index in [4.69, 9.17) is 21.7 Å². The molecule has 0 aliphatic carbocycles. The van der Waals surface area contributed by atoms with Gasteiger partial charge in [0, 0.05) is 19.6 Å². The van der Waals surface area contributed by atoms with Crippen LogP contribution in [-0.4, -0.2) is 88.6 Å². The first kappa shape index (κ1) is 23.5. The molecule has 0 spiro atoms. The second-order valence-corrected chi connectivity index (χ2v) is 5.68. The number of rotatable bonds is 11. The molecule has 26 heavy (non-hydrogen) atoms. The number of urea groups is 1. The molecule has 0 aromatic heterocycles. The second-order valence-electron chi connectivity index (χ2n) is 5.68. The van der Waals surface area contributed by atoms with Gasteiger partial charge in [0.05, 0.1) is 19.1 Å². The van der Waals surface area contributed by atoms with Crippen molar-refractivity contribution in [1.82, 2.24) is 21.1 Å². The van der Waals surface area contributed by atoms with Crippen LogP contribution in [0.1, 0.15) is 13.3 Å². The van der Waals surface area contributed by atoms with Crippen molar-refractivity contribution in [2.75, 3.05) is 20.2 Å². The Morgan fingerprint density at radius 2 is 1.69 bits per heavy atom. The summed E-state index contributed by atoms with van der Waals surface area (Å²) in [5.41, 5.74) is 13.0. The highest BCUT2D eigenvalue weighted by Gasteiger charge is 2.26. The molecule has 150 valence electrons. The number of nitrogens with two attached hydrogens (primary N) is 2. The van der Waals surface area contributed by atoms with Crippen molar-refractivity contribution in [3.8, 4) is 0 Å². The van der Waals surface area contributed by atoms with Crippen molar-refractivity contribution in [1.29, 1.82) is 0 Å². The minimum atomic E-state index is -1.58. The molecule has 4 atom stereocenters. The molecule has 13 nitrogen and oxygen atoms in total. The number of nitrogens with one attached hydrogen (secondary N) is 3. The van der Waals surface area contributed by atoms with Gasteiger partial charge in [0.25, 0.3) is 5.91 Å². The molecule has 0 aliphatic heterocycles. The highest BCUT2D eigenvalue weighted by molar-refractivity contribution is 5.92. The van der Waals surface area contributed by atoms with Gasteiger partial charge in [-0.3, -0.25) is 15.0 Å². The lowest BCUT2D eigenvalue weighted by molar-refractivity contribution is -0.140. The van der Waals surface area contributed by atoms with Crippen molar-refractivity contribution in [3.63, 3.8) is 0 Å². The molecule has 0 aliphatic rings. The summed E-state index contributed by atoms with van der Waals surface area (Å²) < 4.78 is 0. The molecule has 0 heterocycles. The highest BCUT2D eigenvalue weighted by atomic mass is 16.4. The fourth-order valence-electron chi connectivity index (χ4n) is 1.73. The van der Waals surface area contributed by atoms with Crippen LogP contribution >= 0.6 is 0 Å². The predicted octanol–water partition coefficient (Wildman–Crippen LogP) is -4.35. The third-order valence-corrected chi connectivity index (χ3v) is 3.22. The predicted molar refractivity (Wildman–Crippen MR) is 88.2 cm³/mol. The first-order valence-electron chi connectivity index (χ1n) is 7.62. The maximum absolute atomic E-state index is 12.2. The maximum atomic E-state index is 12.2. The Morgan fingerprint density at radius 3 is 2.12 bits per heavy atom. The van der Waals surface area contributed by atoms with Crippen molar-refractivity contribution in [3.05, 3.63) is 0 Å². The molecule has 10 N–H and O–H groups in total. The number of carboxylic acid groups (broad SMARTS) is 1. The maximum Gasteiger partial charge on any atom is 0.328 e. The minimum absolute atomic E-state index is 0.0739. The van der Waals surface area contributed by atoms with Crippen LogP contribution in [0.4, 0.5) is 4.79 Å². The molecule has 0 aromatic rings. The van der Waals surface area contributed by atoms with Gasteiger partial charge in [0.15, 0.2) is 6.04 Å². The van der Waals surface area contributed by atoms with Gasteiger partial charge in [-0.2, -0.15) is 0 Å². The lowest BCUT2D eigenvalue weighted by atomic mass is 10.2. The van der Waals surface area contributed by atoms with Crippen LogP contribution < -0.4 is 27.5 Å². The summed E-state index contributed by atoms with van der Waals surface area (Å²) in [6.45, 7) is 0.683. The molecule has 4 amide bonds. The van der Waals surface area contributed by atoms with E-state index in [0.29, 0.717) is 0 Å². The third kappa shape index (κ3) is 9.12. The van der Waals surface area contributed by atoms with Crippen LogP contribution in [0.2, 0.25) is 0 Å². The Morgan fingerprint density at radius 1 is 1.15 bits per heavy atom. The number of likely N-dealkylation sites (N-methyl/N-ethyl adjacent to an activating group) is 1. The first-order valence-corrected chi connectivity index (χ1v) is 7.62. The molecular weight excluding hydrogens is 352 g/mol. The average Bonchev–Trinajstić information content (AvgIpc) is 2.50. The molecule has 0 fully saturated rings. The fourth-order valence-corrected chi connectivity index (χ4v) is 1.73. The number of nitrogens with zero attached hydrogens (tertiary/aromatic N) is 1. The number of carbonyl (C=O) groups excluding carboxylic acids is 3. The van der Waals surface area contributed by atoms with E-state index in [-0.39, 0.29) is 6.54 Å². The number of primary amides is 1. The van der Waals surface area contributed by atoms with Gasteiger partial charge in [-0.05, 0) is 6.92 Å². The monoisotopic (exact) mass is 378 g/mol. The van der Waals surface area contributed by atoms with Gasteiger partial charge in [-0.15, -0.1) is 0 Å². The van der Waals surface area contributed by atoms with Crippen LogP contribution in [0.3, 0.4) is 0 Å². The normalized spacial score (nSPS) is 15.5. The molecular formula is C13H26N6O7. The Hall–Kier alpha value is -2.48. The van der Waals surface area contributed by atoms with E-state index in [2.05, 4.69) is 10.7 Å². The Balaban J connectivity index is 4.86. The van der Waals surface area contributed by atoms with Crippen LogP contribution in [0.15, 0.2) is 0 Å². The smallest absolute Gasteiger partial charge is 0.328 e. The van der Waals surface area contributed by atoms with Gasteiger partial charge >= 0.3 is 12.0 Å². The zero-order chi connectivity index (χ0) is 20.4. The Labute approximate surface area is 149 Å². The summed E-state index contributed by atoms with van der Waals surface area (Å²) in [4.78, 5) is 45.8. The highest BCUT2D eigenvalue weighted by Crippen LogP contribution is 1.96. The Kier molecular flexibility index (Phi) is 10.1. The summed E-state index contributed by atoms with van der Waals surface area (Å²) >= 11 is 0. The molecule has 0 aromatic carbocycles. The second kappa shape index (κ2) is 11.2. The van der Waals surface area contributed by atoms with Crippen molar-refractivity contribution in [2.24, 2.45) is 11.5 Å². The zero-order valence-electron chi connectivity index (χ0n) is 14.5. The number of amides is 4. The van der Waals surface area contributed by atoms with E-state index in [0.717, 1.165) is 0 Å². The van der Waals surface area contributed by atoms with Crippen molar-refractivity contribution in [2.45, 2.75) is 37.6 Å². The number of aliphatic hydroxyl groups is 2. The van der Waals surface area contributed by atoms with Gasteiger partial charge in [0.1, 0.15) is 6.04 Å². The van der Waals surface area contributed by atoms with Gasteiger partial charge < -0.3 is 37.4 Å². The number of hydrogen-bond acceptors (Lipinski definition) is 8.